The number of hydrogen-bond donors (Lipinski definition) is 1. The van der Waals surface area contributed by atoms with Crippen molar-refractivity contribution < 1.29 is 5.21 Å². The fourth-order valence-corrected chi connectivity index (χ4v) is 2.03. The zero-order valence-electron chi connectivity index (χ0n) is 9.15. The van der Waals surface area contributed by atoms with Crippen LogP contribution in [0.15, 0.2) is 29.4 Å². The molecule has 2 aromatic rings. The van der Waals surface area contributed by atoms with E-state index in [0.29, 0.717) is 5.71 Å². The average Bonchev–Trinajstić information content (AvgIpc) is 2.52. The molecule has 0 saturated carbocycles. The molecule has 0 fully saturated rings. The van der Waals surface area contributed by atoms with E-state index in [1.807, 2.05) is 39.1 Å². The van der Waals surface area contributed by atoms with E-state index in [9.17, 15) is 0 Å². The molecule has 1 heterocycles. The van der Waals surface area contributed by atoms with E-state index in [2.05, 4.69) is 15.8 Å². The summed E-state index contributed by atoms with van der Waals surface area (Å²) in [4.78, 5) is 0. The molecule has 15 heavy (non-hydrogen) atoms. The van der Waals surface area contributed by atoms with E-state index in [0.717, 1.165) is 22.2 Å². The molecule has 1 N–H and O–H groups in total. The molecule has 2 rings (SSSR count). The van der Waals surface area contributed by atoms with Crippen LogP contribution >= 0.6 is 0 Å². The number of nitrogens with zero attached hydrogens (tertiary/aromatic N) is 2. The zero-order chi connectivity index (χ0) is 11.0. The SMILES string of the molecule is CC(=NO)c1c(C)n(C)c2ccccc12. The monoisotopic (exact) mass is 202 g/mol. The Morgan fingerprint density at radius 1 is 1.33 bits per heavy atom. The Morgan fingerprint density at radius 3 is 2.67 bits per heavy atom. The molecule has 78 valence electrons. The van der Waals surface area contributed by atoms with Gasteiger partial charge < -0.3 is 9.77 Å². The lowest BCUT2D eigenvalue weighted by molar-refractivity contribution is 0.319. The fraction of sp³-hybridized carbons (Fsp3) is 0.250. The van der Waals surface area contributed by atoms with Crippen molar-refractivity contribution in [3.63, 3.8) is 0 Å². The molecule has 1 aromatic heterocycles. The molecule has 0 unspecified atom stereocenters. The summed E-state index contributed by atoms with van der Waals surface area (Å²) >= 11 is 0. The first-order valence-corrected chi connectivity index (χ1v) is 4.90. The van der Waals surface area contributed by atoms with Gasteiger partial charge in [-0.15, -0.1) is 0 Å². The Balaban J connectivity index is 2.90. The third kappa shape index (κ3) is 1.31. The van der Waals surface area contributed by atoms with Gasteiger partial charge in [0.2, 0.25) is 0 Å². The minimum absolute atomic E-state index is 0.657. The number of oxime groups is 1. The van der Waals surface area contributed by atoms with Crippen LogP contribution in [0.2, 0.25) is 0 Å². The average molecular weight is 202 g/mol. The van der Waals surface area contributed by atoms with Crippen molar-refractivity contribution in [1.82, 2.24) is 4.57 Å². The molecule has 0 aliphatic rings. The first-order valence-electron chi connectivity index (χ1n) is 4.90. The predicted octanol–water partition coefficient (Wildman–Crippen LogP) is 2.68. The van der Waals surface area contributed by atoms with Crippen molar-refractivity contribution >= 4 is 16.6 Å². The zero-order valence-corrected chi connectivity index (χ0v) is 9.15. The molecule has 0 aliphatic carbocycles. The molecule has 0 radical (unpaired) electrons. The van der Waals surface area contributed by atoms with Crippen LogP contribution in [0.5, 0.6) is 0 Å². The second-order valence-corrected chi connectivity index (χ2v) is 3.72. The van der Waals surface area contributed by atoms with Gasteiger partial charge in [-0.05, 0) is 19.9 Å². The van der Waals surface area contributed by atoms with Crippen LogP contribution in [-0.2, 0) is 7.05 Å². The van der Waals surface area contributed by atoms with E-state index in [1.165, 1.54) is 0 Å². The van der Waals surface area contributed by atoms with Crippen LogP contribution < -0.4 is 0 Å². The standard InChI is InChI=1S/C12H14N2O/c1-8(13-15)12-9(2)14(3)11-7-5-4-6-10(11)12/h4-7,15H,1-3H3. The topological polar surface area (TPSA) is 37.5 Å². The summed E-state index contributed by atoms with van der Waals surface area (Å²) in [5, 5.41) is 13.3. The van der Waals surface area contributed by atoms with Crippen molar-refractivity contribution in [3.05, 3.63) is 35.5 Å². The Morgan fingerprint density at radius 2 is 2.00 bits per heavy atom. The summed E-state index contributed by atoms with van der Waals surface area (Å²) in [7, 11) is 2.02. The lowest BCUT2D eigenvalue weighted by Crippen LogP contribution is -1.98. The minimum atomic E-state index is 0.657. The number of hydrogen-bond acceptors (Lipinski definition) is 2. The first kappa shape index (κ1) is 9.77. The van der Waals surface area contributed by atoms with Crippen molar-refractivity contribution in [1.29, 1.82) is 0 Å². The molecule has 0 spiro atoms. The van der Waals surface area contributed by atoms with Crippen LogP contribution in [0.4, 0.5) is 0 Å². The predicted molar refractivity (Wildman–Crippen MR) is 61.7 cm³/mol. The van der Waals surface area contributed by atoms with E-state index in [1.54, 1.807) is 0 Å². The lowest BCUT2D eigenvalue weighted by atomic mass is 10.1. The molecule has 3 nitrogen and oxygen atoms in total. The van der Waals surface area contributed by atoms with Gasteiger partial charge in [0, 0.05) is 29.2 Å². The third-order valence-electron chi connectivity index (χ3n) is 2.91. The minimum Gasteiger partial charge on any atom is -0.411 e. The van der Waals surface area contributed by atoms with Crippen LogP contribution in [0.3, 0.4) is 0 Å². The van der Waals surface area contributed by atoms with Crippen molar-refractivity contribution in [2.75, 3.05) is 0 Å². The van der Waals surface area contributed by atoms with Gasteiger partial charge >= 0.3 is 0 Å². The highest BCUT2D eigenvalue weighted by Crippen LogP contribution is 2.25. The smallest absolute Gasteiger partial charge is 0.0861 e. The molecular weight excluding hydrogens is 188 g/mol. The number of benzene rings is 1. The van der Waals surface area contributed by atoms with Gasteiger partial charge in [0.05, 0.1) is 5.71 Å². The lowest BCUT2D eigenvalue weighted by Gasteiger charge is -1.99. The summed E-state index contributed by atoms with van der Waals surface area (Å²) in [5.41, 5.74) is 3.96. The second-order valence-electron chi connectivity index (χ2n) is 3.72. The highest BCUT2D eigenvalue weighted by Gasteiger charge is 2.13. The van der Waals surface area contributed by atoms with Crippen LogP contribution in [-0.4, -0.2) is 15.5 Å². The van der Waals surface area contributed by atoms with Crippen molar-refractivity contribution in [2.45, 2.75) is 13.8 Å². The van der Waals surface area contributed by atoms with E-state index in [-0.39, 0.29) is 0 Å². The van der Waals surface area contributed by atoms with E-state index < -0.39 is 0 Å². The number of rotatable bonds is 1. The highest BCUT2D eigenvalue weighted by molar-refractivity contribution is 6.10. The molecular formula is C12H14N2O. The van der Waals surface area contributed by atoms with Gasteiger partial charge in [-0.25, -0.2) is 0 Å². The van der Waals surface area contributed by atoms with Gasteiger partial charge in [0.25, 0.3) is 0 Å². The maximum atomic E-state index is 8.86. The van der Waals surface area contributed by atoms with Gasteiger partial charge in [-0.2, -0.15) is 0 Å². The van der Waals surface area contributed by atoms with Gasteiger partial charge in [-0.1, -0.05) is 23.4 Å². The molecule has 0 atom stereocenters. The molecule has 0 aliphatic heterocycles. The fourth-order valence-electron chi connectivity index (χ4n) is 2.03. The number of aryl methyl sites for hydroxylation is 1. The summed E-state index contributed by atoms with van der Waals surface area (Å²) in [6, 6.07) is 8.12. The second kappa shape index (κ2) is 3.42. The Labute approximate surface area is 88.6 Å². The highest BCUT2D eigenvalue weighted by atomic mass is 16.4. The summed E-state index contributed by atoms with van der Waals surface area (Å²) in [6.07, 6.45) is 0. The normalized spacial score (nSPS) is 12.3. The third-order valence-corrected chi connectivity index (χ3v) is 2.91. The van der Waals surface area contributed by atoms with Crippen LogP contribution in [0.25, 0.3) is 10.9 Å². The van der Waals surface area contributed by atoms with Crippen LogP contribution in [0.1, 0.15) is 18.2 Å². The van der Waals surface area contributed by atoms with Gasteiger partial charge in [0.15, 0.2) is 0 Å². The maximum absolute atomic E-state index is 8.86. The van der Waals surface area contributed by atoms with E-state index in [4.69, 9.17) is 5.21 Å². The number of para-hydroxylation sites is 1. The van der Waals surface area contributed by atoms with Crippen molar-refractivity contribution in [3.8, 4) is 0 Å². The molecule has 0 bridgehead atoms. The maximum Gasteiger partial charge on any atom is 0.0861 e. The summed E-state index contributed by atoms with van der Waals surface area (Å²) in [5.74, 6) is 0. The first-order chi connectivity index (χ1) is 7.16. The van der Waals surface area contributed by atoms with Crippen LogP contribution in [0, 0.1) is 6.92 Å². The Hall–Kier alpha value is -1.77. The number of aromatic nitrogens is 1. The number of fused-ring (bicyclic) bond motifs is 1. The Bertz CT molecular complexity index is 538. The van der Waals surface area contributed by atoms with E-state index >= 15 is 0 Å². The summed E-state index contributed by atoms with van der Waals surface area (Å²) in [6.45, 7) is 3.85. The molecule has 0 amide bonds. The quantitative estimate of drug-likeness (QED) is 0.431. The Kier molecular flexibility index (Phi) is 2.23. The summed E-state index contributed by atoms with van der Waals surface area (Å²) < 4.78 is 2.11. The largest absolute Gasteiger partial charge is 0.411 e. The van der Waals surface area contributed by atoms with Gasteiger partial charge in [0.1, 0.15) is 0 Å². The molecule has 1 aromatic carbocycles. The molecule has 0 saturated heterocycles. The van der Waals surface area contributed by atoms with Gasteiger partial charge in [-0.3, -0.25) is 0 Å². The van der Waals surface area contributed by atoms with Crippen molar-refractivity contribution in [2.24, 2.45) is 12.2 Å². The molecule has 3 heteroatoms.